The van der Waals surface area contributed by atoms with Gasteiger partial charge < -0.3 is 9.84 Å². The number of carbonyl (C=O) groups is 1. The lowest BCUT2D eigenvalue weighted by Gasteiger charge is -2.05. The molecule has 20 heavy (non-hydrogen) atoms. The minimum Gasteiger partial charge on any atom is -0.427 e. The van der Waals surface area contributed by atoms with Crippen molar-refractivity contribution >= 4 is 5.97 Å². The smallest absolute Gasteiger partial charge is 0.308 e. The molecule has 0 saturated carbocycles. The van der Waals surface area contributed by atoms with Gasteiger partial charge in [-0.1, -0.05) is 42.2 Å². The lowest BCUT2D eigenvalue weighted by atomic mass is 10.1. The summed E-state index contributed by atoms with van der Waals surface area (Å²) in [5, 5.41) is 9.97. The normalized spacial score (nSPS) is 11.1. The third-order valence-corrected chi connectivity index (χ3v) is 2.58. The molecule has 1 unspecified atom stereocenters. The van der Waals surface area contributed by atoms with Crippen LogP contribution in [0.2, 0.25) is 0 Å². The highest BCUT2D eigenvalue weighted by Gasteiger charge is 2.04. The van der Waals surface area contributed by atoms with Crippen LogP contribution in [0.15, 0.2) is 54.6 Å². The SMILES string of the molecule is CC(=O)Oc1ccc(C(O)C#Cc2ccccc2)cc1. The number of benzene rings is 2. The van der Waals surface area contributed by atoms with Crippen LogP contribution in [0.1, 0.15) is 24.2 Å². The Morgan fingerprint density at radius 3 is 2.35 bits per heavy atom. The summed E-state index contributed by atoms with van der Waals surface area (Å²) in [6, 6.07) is 16.1. The zero-order valence-corrected chi connectivity index (χ0v) is 11.0. The number of rotatable bonds is 2. The first-order valence-electron chi connectivity index (χ1n) is 6.18. The highest BCUT2D eigenvalue weighted by molar-refractivity contribution is 5.69. The van der Waals surface area contributed by atoms with E-state index in [-0.39, 0.29) is 5.97 Å². The molecule has 0 spiro atoms. The Morgan fingerprint density at radius 2 is 1.75 bits per heavy atom. The van der Waals surface area contributed by atoms with Gasteiger partial charge in [-0.05, 0) is 29.8 Å². The van der Waals surface area contributed by atoms with Crippen molar-refractivity contribution in [3.05, 3.63) is 65.7 Å². The summed E-state index contributed by atoms with van der Waals surface area (Å²) in [6.45, 7) is 1.34. The number of ether oxygens (including phenoxy) is 1. The Hall–Kier alpha value is -2.57. The molecular formula is C17H14O3. The molecule has 2 rings (SSSR count). The lowest BCUT2D eigenvalue weighted by molar-refractivity contribution is -0.131. The molecule has 0 saturated heterocycles. The molecular weight excluding hydrogens is 252 g/mol. The third kappa shape index (κ3) is 3.98. The summed E-state index contributed by atoms with van der Waals surface area (Å²) in [6.07, 6.45) is -0.874. The fourth-order valence-electron chi connectivity index (χ4n) is 1.64. The Bertz CT molecular complexity index is 633. The van der Waals surface area contributed by atoms with E-state index in [0.717, 1.165) is 5.56 Å². The molecule has 0 radical (unpaired) electrons. The van der Waals surface area contributed by atoms with Gasteiger partial charge in [0, 0.05) is 12.5 Å². The van der Waals surface area contributed by atoms with Crippen molar-refractivity contribution in [2.24, 2.45) is 0 Å². The highest BCUT2D eigenvalue weighted by atomic mass is 16.5. The maximum absolute atomic E-state index is 10.8. The van der Waals surface area contributed by atoms with Crippen molar-refractivity contribution in [3.63, 3.8) is 0 Å². The van der Waals surface area contributed by atoms with E-state index in [9.17, 15) is 9.90 Å². The van der Waals surface area contributed by atoms with Crippen LogP contribution in [0.25, 0.3) is 0 Å². The molecule has 1 atom stereocenters. The molecule has 1 N–H and O–H groups in total. The minimum absolute atomic E-state index is 0.373. The van der Waals surface area contributed by atoms with E-state index >= 15 is 0 Å². The average Bonchev–Trinajstić information content (AvgIpc) is 2.46. The van der Waals surface area contributed by atoms with Crippen LogP contribution in [-0.4, -0.2) is 11.1 Å². The third-order valence-electron chi connectivity index (χ3n) is 2.58. The summed E-state index contributed by atoms with van der Waals surface area (Å²) >= 11 is 0. The summed E-state index contributed by atoms with van der Waals surface area (Å²) < 4.78 is 4.92. The molecule has 0 bridgehead atoms. The summed E-state index contributed by atoms with van der Waals surface area (Å²) in [7, 11) is 0. The number of esters is 1. The predicted molar refractivity (Wildman–Crippen MR) is 76.0 cm³/mol. The predicted octanol–water partition coefficient (Wildman–Crippen LogP) is 2.70. The van der Waals surface area contributed by atoms with E-state index in [1.165, 1.54) is 6.92 Å². The van der Waals surface area contributed by atoms with Gasteiger partial charge in [-0.3, -0.25) is 4.79 Å². The number of aliphatic hydroxyl groups is 1. The van der Waals surface area contributed by atoms with E-state index in [1.54, 1.807) is 24.3 Å². The van der Waals surface area contributed by atoms with Crippen molar-refractivity contribution in [3.8, 4) is 17.6 Å². The van der Waals surface area contributed by atoms with Gasteiger partial charge in [0.05, 0.1) is 0 Å². The summed E-state index contributed by atoms with van der Waals surface area (Å²) in [4.78, 5) is 10.8. The van der Waals surface area contributed by atoms with E-state index in [1.807, 2.05) is 30.3 Å². The standard InChI is InChI=1S/C17H14O3/c1-13(18)20-16-10-8-15(9-11-16)17(19)12-7-14-5-3-2-4-6-14/h2-6,8-11,17,19H,1H3. The molecule has 0 amide bonds. The zero-order valence-electron chi connectivity index (χ0n) is 11.0. The number of hydrogen-bond donors (Lipinski definition) is 1. The van der Waals surface area contributed by atoms with Gasteiger partial charge in [0.2, 0.25) is 0 Å². The Morgan fingerprint density at radius 1 is 1.10 bits per heavy atom. The van der Waals surface area contributed by atoms with Gasteiger partial charge in [0.15, 0.2) is 0 Å². The van der Waals surface area contributed by atoms with Crippen molar-refractivity contribution in [2.75, 3.05) is 0 Å². The van der Waals surface area contributed by atoms with Crippen LogP contribution >= 0.6 is 0 Å². The molecule has 100 valence electrons. The van der Waals surface area contributed by atoms with Crippen LogP contribution in [0, 0.1) is 11.8 Å². The van der Waals surface area contributed by atoms with Crippen LogP contribution in [0.3, 0.4) is 0 Å². The van der Waals surface area contributed by atoms with E-state index in [2.05, 4.69) is 11.8 Å². The first-order chi connectivity index (χ1) is 9.65. The van der Waals surface area contributed by atoms with E-state index < -0.39 is 6.10 Å². The van der Waals surface area contributed by atoms with Gasteiger partial charge in [-0.25, -0.2) is 0 Å². The molecule has 3 nitrogen and oxygen atoms in total. The van der Waals surface area contributed by atoms with E-state index in [0.29, 0.717) is 11.3 Å². The number of carbonyl (C=O) groups excluding carboxylic acids is 1. The molecule has 2 aromatic carbocycles. The van der Waals surface area contributed by atoms with Gasteiger partial charge in [-0.2, -0.15) is 0 Å². The quantitative estimate of drug-likeness (QED) is 0.516. The fourth-order valence-corrected chi connectivity index (χ4v) is 1.64. The van der Waals surface area contributed by atoms with Crippen molar-refractivity contribution in [2.45, 2.75) is 13.0 Å². The van der Waals surface area contributed by atoms with Crippen LogP contribution in [0.5, 0.6) is 5.75 Å². The first kappa shape index (κ1) is 13.9. The maximum Gasteiger partial charge on any atom is 0.308 e. The fraction of sp³-hybridized carbons (Fsp3) is 0.118. The summed E-state index contributed by atoms with van der Waals surface area (Å²) in [5.74, 6) is 5.75. The molecule has 0 aromatic heterocycles. The monoisotopic (exact) mass is 266 g/mol. The Balaban J connectivity index is 2.08. The van der Waals surface area contributed by atoms with Gasteiger partial charge >= 0.3 is 5.97 Å². The van der Waals surface area contributed by atoms with E-state index in [4.69, 9.17) is 4.74 Å². The van der Waals surface area contributed by atoms with Crippen LogP contribution < -0.4 is 4.74 Å². The van der Waals surface area contributed by atoms with Gasteiger partial charge in [0.1, 0.15) is 11.9 Å². The molecule has 0 aliphatic carbocycles. The second kappa shape index (κ2) is 6.55. The topological polar surface area (TPSA) is 46.5 Å². The van der Waals surface area contributed by atoms with Crippen molar-refractivity contribution < 1.29 is 14.6 Å². The van der Waals surface area contributed by atoms with Gasteiger partial charge in [0.25, 0.3) is 0 Å². The van der Waals surface area contributed by atoms with Gasteiger partial charge in [-0.15, -0.1) is 0 Å². The maximum atomic E-state index is 10.8. The molecule has 0 aliphatic heterocycles. The minimum atomic E-state index is -0.874. The van der Waals surface area contributed by atoms with Crippen molar-refractivity contribution in [1.29, 1.82) is 0 Å². The lowest BCUT2D eigenvalue weighted by Crippen LogP contribution is -2.01. The number of hydrogen-bond acceptors (Lipinski definition) is 3. The molecule has 0 aliphatic rings. The summed E-state index contributed by atoms with van der Waals surface area (Å²) in [5.41, 5.74) is 1.51. The van der Waals surface area contributed by atoms with Crippen molar-refractivity contribution in [1.82, 2.24) is 0 Å². The van der Waals surface area contributed by atoms with Crippen LogP contribution in [0.4, 0.5) is 0 Å². The average molecular weight is 266 g/mol. The van der Waals surface area contributed by atoms with Crippen LogP contribution in [-0.2, 0) is 4.79 Å². The zero-order chi connectivity index (χ0) is 14.4. The number of aliphatic hydroxyl groups excluding tert-OH is 1. The molecule has 0 heterocycles. The Kier molecular flexibility index (Phi) is 4.54. The highest BCUT2D eigenvalue weighted by Crippen LogP contribution is 2.17. The largest absolute Gasteiger partial charge is 0.427 e. The second-order valence-electron chi connectivity index (χ2n) is 4.20. The first-order valence-corrected chi connectivity index (χ1v) is 6.18. The molecule has 0 fully saturated rings. The second-order valence-corrected chi connectivity index (χ2v) is 4.20. The molecule has 2 aromatic rings. The molecule has 3 heteroatoms. The Labute approximate surface area is 117 Å².